The van der Waals surface area contributed by atoms with E-state index in [1.807, 2.05) is 7.11 Å². The standard InChI is InChI=1S/C17H27NO2/c1-4-16(19-3)15(18-5-2)8-6-13-7-9-17-14(12-13)10-11-20-17/h7,9,12,15-16,18H,4-6,8,10-11H2,1-3H3. The second-order valence-electron chi connectivity index (χ2n) is 5.43. The van der Waals surface area contributed by atoms with E-state index < -0.39 is 0 Å². The molecule has 2 rings (SSSR count). The molecular weight excluding hydrogens is 250 g/mol. The second-order valence-corrected chi connectivity index (χ2v) is 5.43. The topological polar surface area (TPSA) is 30.5 Å². The van der Waals surface area contributed by atoms with Gasteiger partial charge in [-0.25, -0.2) is 0 Å². The summed E-state index contributed by atoms with van der Waals surface area (Å²) in [5.74, 6) is 1.07. The summed E-state index contributed by atoms with van der Waals surface area (Å²) in [4.78, 5) is 0. The molecule has 0 amide bonds. The average Bonchev–Trinajstić information content (AvgIpc) is 2.93. The van der Waals surface area contributed by atoms with Gasteiger partial charge in [0.2, 0.25) is 0 Å². The highest BCUT2D eigenvalue weighted by Crippen LogP contribution is 2.26. The first-order valence-corrected chi connectivity index (χ1v) is 7.79. The molecule has 3 heteroatoms. The van der Waals surface area contributed by atoms with Gasteiger partial charge in [-0.2, -0.15) is 0 Å². The molecule has 0 saturated heterocycles. The highest BCUT2D eigenvalue weighted by atomic mass is 16.5. The Bertz CT molecular complexity index is 415. The molecule has 0 aromatic heterocycles. The Balaban J connectivity index is 1.94. The minimum absolute atomic E-state index is 0.299. The second kappa shape index (κ2) is 7.65. The van der Waals surface area contributed by atoms with E-state index >= 15 is 0 Å². The quantitative estimate of drug-likeness (QED) is 0.792. The van der Waals surface area contributed by atoms with Gasteiger partial charge in [0.05, 0.1) is 12.7 Å². The van der Waals surface area contributed by atoms with Crippen LogP contribution in [0.3, 0.4) is 0 Å². The third kappa shape index (κ3) is 3.74. The molecule has 0 spiro atoms. The van der Waals surface area contributed by atoms with E-state index in [1.54, 1.807) is 0 Å². The molecule has 1 N–H and O–H groups in total. The van der Waals surface area contributed by atoms with Gasteiger partial charge in [-0.05, 0) is 43.0 Å². The van der Waals surface area contributed by atoms with Gasteiger partial charge in [-0.3, -0.25) is 0 Å². The molecule has 1 aromatic rings. The predicted molar refractivity (Wildman–Crippen MR) is 82.5 cm³/mol. The van der Waals surface area contributed by atoms with Crippen LogP contribution in [0.25, 0.3) is 0 Å². The van der Waals surface area contributed by atoms with Gasteiger partial charge < -0.3 is 14.8 Å². The fraction of sp³-hybridized carbons (Fsp3) is 0.647. The maximum Gasteiger partial charge on any atom is 0.122 e. The number of nitrogens with one attached hydrogen (secondary N) is 1. The number of hydrogen-bond donors (Lipinski definition) is 1. The molecule has 20 heavy (non-hydrogen) atoms. The molecular formula is C17H27NO2. The first-order chi connectivity index (χ1) is 9.78. The van der Waals surface area contributed by atoms with Gasteiger partial charge >= 0.3 is 0 Å². The van der Waals surface area contributed by atoms with E-state index in [9.17, 15) is 0 Å². The minimum atomic E-state index is 0.299. The van der Waals surface area contributed by atoms with E-state index in [0.29, 0.717) is 12.1 Å². The van der Waals surface area contributed by atoms with Crippen LogP contribution in [0.2, 0.25) is 0 Å². The molecule has 0 radical (unpaired) electrons. The zero-order chi connectivity index (χ0) is 14.4. The van der Waals surface area contributed by atoms with Crippen molar-refractivity contribution in [3.8, 4) is 5.75 Å². The monoisotopic (exact) mass is 277 g/mol. The Morgan fingerprint density at radius 2 is 2.20 bits per heavy atom. The van der Waals surface area contributed by atoms with Crippen molar-refractivity contribution in [1.29, 1.82) is 0 Å². The van der Waals surface area contributed by atoms with E-state index in [4.69, 9.17) is 9.47 Å². The molecule has 0 aliphatic carbocycles. The smallest absolute Gasteiger partial charge is 0.122 e. The zero-order valence-electron chi connectivity index (χ0n) is 12.9. The lowest BCUT2D eigenvalue weighted by Gasteiger charge is -2.26. The molecule has 0 fully saturated rings. The van der Waals surface area contributed by atoms with Crippen LogP contribution >= 0.6 is 0 Å². The summed E-state index contributed by atoms with van der Waals surface area (Å²) >= 11 is 0. The third-order valence-corrected chi connectivity index (χ3v) is 4.12. The number of likely N-dealkylation sites (N-methyl/N-ethyl adjacent to an activating group) is 1. The number of fused-ring (bicyclic) bond motifs is 1. The Morgan fingerprint density at radius 3 is 2.90 bits per heavy atom. The number of ether oxygens (including phenoxy) is 2. The maximum absolute atomic E-state index is 5.59. The Kier molecular flexibility index (Phi) is 5.86. The summed E-state index contributed by atoms with van der Waals surface area (Å²) in [7, 11) is 1.81. The van der Waals surface area contributed by atoms with Crippen LogP contribution in [-0.4, -0.2) is 32.4 Å². The van der Waals surface area contributed by atoms with Crippen LogP contribution in [0.4, 0.5) is 0 Å². The van der Waals surface area contributed by atoms with Crippen molar-refractivity contribution >= 4 is 0 Å². The van der Waals surface area contributed by atoms with E-state index in [1.165, 1.54) is 11.1 Å². The molecule has 2 atom stereocenters. The Labute approximate surface area is 122 Å². The van der Waals surface area contributed by atoms with Crippen LogP contribution in [0.15, 0.2) is 18.2 Å². The van der Waals surface area contributed by atoms with Crippen LogP contribution < -0.4 is 10.1 Å². The summed E-state index contributed by atoms with van der Waals surface area (Å²) in [6, 6.07) is 7.05. The van der Waals surface area contributed by atoms with Crippen LogP contribution in [0.5, 0.6) is 5.75 Å². The first-order valence-electron chi connectivity index (χ1n) is 7.79. The van der Waals surface area contributed by atoms with E-state index in [2.05, 4.69) is 37.4 Å². The molecule has 2 unspecified atom stereocenters. The molecule has 3 nitrogen and oxygen atoms in total. The maximum atomic E-state index is 5.59. The summed E-state index contributed by atoms with van der Waals surface area (Å²) in [6.07, 6.45) is 4.60. The summed E-state index contributed by atoms with van der Waals surface area (Å²) in [5.41, 5.74) is 2.77. The van der Waals surface area contributed by atoms with Gasteiger partial charge in [0.1, 0.15) is 5.75 Å². The molecule has 1 aliphatic heterocycles. The molecule has 0 bridgehead atoms. The average molecular weight is 277 g/mol. The summed E-state index contributed by atoms with van der Waals surface area (Å²) in [6.45, 7) is 6.16. The van der Waals surface area contributed by atoms with Gasteiger partial charge in [0.25, 0.3) is 0 Å². The van der Waals surface area contributed by atoms with E-state index in [0.717, 1.165) is 44.6 Å². The number of hydrogen-bond acceptors (Lipinski definition) is 3. The van der Waals surface area contributed by atoms with Gasteiger partial charge in [0.15, 0.2) is 0 Å². The van der Waals surface area contributed by atoms with Gasteiger partial charge in [0, 0.05) is 19.6 Å². The lowest BCUT2D eigenvalue weighted by molar-refractivity contribution is 0.0631. The Hall–Kier alpha value is -1.06. The zero-order valence-corrected chi connectivity index (χ0v) is 12.9. The van der Waals surface area contributed by atoms with Gasteiger partial charge in [-0.1, -0.05) is 26.0 Å². The highest BCUT2D eigenvalue weighted by molar-refractivity contribution is 5.39. The number of rotatable bonds is 8. The van der Waals surface area contributed by atoms with Crippen molar-refractivity contribution < 1.29 is 9.47 Å². The molecule has 1 aromatic carbocycles. The summed E-state index contributed by atoms with van der Waals surface area (Å²) in [5, 5.41) is 3.56. The van der Waals surface area contributed by atoms with Crippen molar-refractivity contribution in [2.75, 3.05) is 20.3 Å². The predicted octanol–water partition coefficient (Wildman–Crippen LogP) is 2.96. The minimum Gasteiger partial charge on any atom is -0.493 e. The van der Waals surface area contributed by atoms with Crippen LogP contribution in [0.1, 0.15) is 37.8 Å². The van der Waals surface area contributed by atoms with Crippen molar-refractivity contribution in [2.24, 2.45) is 0 Å². The summed E-state index contributed by atoms with van der Waals surface area (Å²) < 4.78 is 11.2. The van der Waals surface area contributed by atoms with Crippen molar-refractivity contribution in [1.82, 2.24) is 5.32 Å². The molecule has 1 aliphatic rings. The molecule has 0 saturated carbocycles. The number of methoxy groups -OCH3 is 1. The fourth-order valence-electron chi connectivity index (χ4n) is 3.01. The van der Waals surface area contributed by atoms with Crippen LogP contribution in [0, 0.1) is 0 Å². The lowest BCUT2D eigenvalue weighted by atomic mass is 9.98. The van der Waals surface area contributed by atoms with Crippen molar-refractivity contribution in [3.63, 3.8) is 0 Å². The third-order valence-electron chi connectivity index (χ3n) is 4.12. The van der Waals surface area contributed by atoms with E-state index in [-0.39, 0.29) is 0 Å². The van der Waals surface area contributed by atoms with Crippen LogP contribution in [-0.2, 0) is 17.6 Å². The number of benzene rings is 1. The fourth-order valence-corrected chi connectivity index (χ4v) is 3.01. The van der Waals surface area contributed by atoms with Gasteiger partial charge in [-0.15, -0.1) is 0 Å². The lowest BCUT2D eigenvalue weighted by Crippen LogP contribution is -2.40. The van der Waals surface area contributed by atoms with Crippen molar-refractivity contribution in [2.45, 2.75) is 51.7 Å². The van der Waals surface area contributed by atoms with Crippen molar-refractivity contribution in [3.05, 3.63) is 29.3 Å². The number of aryl methyl sites for hydroxylation is 1. The Morgan fingerprint density at radius 1 is 1.35 bits per heavy atom. The normalized spacial score (nSPS) is 16.6. The molecule has 1 heterocycles. The highest BCUT2D eigenvalue weighted by Gasteiger charge is 2.19. The molecule has 112 valence electrons. The SMILES string of the molecule is CCNC(CCc1ccc2c(c1)CCO2)C(CC)OC. The largest absolute Gasteiger partial charge is 0.493 e. The first kappa shape index (κ1) is 15.3.